The van der Waals surface area contributed by atoms with Crippen LogP contribution in [0.15, 0.2) is 11.6 Å². The SMILES string of the molecule is CC(=O)[C@@H]1CC[C@H]2[C@@H]3C[C@H](O)[C@H]4C[C@@H](OS(=O)(=O)[O-])CC[C@]4(C)C3=CC[C@]12C. The van der Waals surface area contributed by atoms with Crippen LogP contribution in [-0.2, 0) is 19.4 Å². The lowest BCUT2D eigenvalue weighted by molar-refractivity contribution is -0.125. The molecular weight excluding hydrogens is 380 g/mol. The number of carbonyl (C=O) groups is 1. The van der Waals surface area contributed by atoms with Gasteiger partial charge in [0.1, 0.15) is 5.78 Å². The summed E-state index contributed by atoms with van der Waals surface area (Å²) in [4.78, 5) is 12.2. The van der Waals surface area contributed by atoms with Crippen LogP contribution in [0.25, 0.3) is 0 Å². The Morgan fingerprint density at radius 1 is 1.21 bits per heavy atom. The van der Waals surface area contributed by atoms with Gasteiger partial charge in [-0.15, -0.1) is 0 Å². The van der Waals surface area contributed by atoms with Crippen LogP contribution in [0.2, 0.25) is 0 Å². The van der Waals surface area contributed by atoms with Gasteiger partial charge in [0.25, 0.3) is 0 Å². The number of rotatable bonds is 3. The van der Waals surface area contributed by atoms with E-state index in [0.717, 1.165) is 19.3 Å². The number of hydrogen-bond acceptors (Lipinski definition) is 6. The number of aliphatic hydroxyl groups excluding tert-OH is 1. The molecule has 3 fully saturated rings. The molecule has 28 heavy (non-hydrogen) atoms. The molecule has 0 aromatic heterocycles. The lowest BCUT2D eigenvalue weighted by Crippen LogP contribution is -2.54. The van der Waals surface area contributed by atoms with Crippen LogP contribution in [0.1, 0.15) is 65.7 Å². The minimum atomic E-state index is -4.73. The first-order valence-corrected chi connectivity index (χ1v) is 11.8. The summed E-state index contributed by atoms with van der Waals surface area (Å²) in [7, 11) is -4.73. The molecule has 3 saturated carbocycles. The van der Waals surface area contributed by atoms with Crippen molar-refractivity contribution >= 4 is 16.2 Å². The van der Waals surface area contributed by atoms with Crippen molar-refractivity contribution in [3.63, 3.8) is 0 Å². The van der Waals surface area contributed by atoms with Gasteiger partial charge in [0.2, 0.25) is 10.4 Å². The standard InChI is InChI=1S/C21H32O6S/c1-12(22)15-4-5-16-14-11-19(23)18-10-13(27-28(24,25)26)6-8-21(18,3)17(14)7-9-20(15,16)2/h7,13-16,18-19,23H,4-6,8-11H2,1-3H3,(H,24,25,26)/p-1/t13-,14-,15-,16-,18+,19-,20+,21+/m0/s1. The average molecular weight is 412 g/mol. The Bertz CT molecular complexity index is 804. The molecule has 4 aliphatic carbocycles. The molecule has 0 amide bonds. The van der Waals surface area contributed by atoms with Gasteiger partial charge in [0.05, 0.1) is 12.2 Å². The van der Waals surface area contributed by atoms with Gasteiger partial charge in [-0.1, -0.05) is 25.5 Å². The second kappa shape index (κ2) is 6.62. The zero-order chi connectivity index (χ0) is 20.5. The molecule has 0 unspecified atom stereocenters. The Hall–Kier alpha value is -0.760. The Kier molecular flexibility index (Phi) is 4.85. The van der Waals surface area contributed by atoms with E-state index < -0.39 is 22.6 Å². The van der Waals surface area contributed by atoms with Crippen LogP contribution >= 0.6 is 0 Å². The largest absolute Gasteiger partial charge is 0.726 e. The second-order valence-corrected chi connectivity index (χ2v) is 11.1. The van der Waals surface area contributed by atoms with Crippen molar-refractivity contribution in [3.05, 3.63) is 11.6 Å². The summed E-state index contributed by atoms with van der Waals surface area (Å²) in [6, 6.07) is 0. The highest BCUT2D eigenvalue weighted by Crippen LogP contribution is 2.65. The molecule has 158 valence electrons. The second-order valence-electron chi connectivity index (χ2n) is 10.1. The number of allylic oxidation sites excluding steroid dienone is 2. The van der Waals surface area contributed by atoms with E-state index in [1.165, 1.54) is 5.57 Å². The fourth-order valence-electron chi connectivity index (χ4n) is 7.46. The van der Waals surface area contributed by atoms with Crippen LogP contribution in [0.5, 0.6) is 0 Å². The third-order valence-corrected chi connectivity index (χ3v) is 9.25. The summed E-state index contributed by atoms with van der Waals surface area (Å²) in [5, 5.41) is 11.0. The highest BCUT2D eigenvalue weighted by molar-refractivity contribution is 7.80. The fraction of sp³-hybridized carbons (Fsp3) is 0.857. The molecule has 0 radical (unpaired) electrons. The number of aliphatic hydroxyl groups is 1. The minimum Gasteiger partial charge on any atom is -0.726 e. The quantitative estimate of drug-likeness (QED) is 0.435. The van der Waals surface area contributed by atoms with Crippen LogP contribution in [-0.4, -0.2) is 36.1 Å². The molecule has 0 heterocycles. The molecule has 4 aliphatic rings. The maximum atomic E-state index is 12.2. The Morgan fingerprint density at radius 3 is 2.57 bits per heavy atom. The average Bonchev–Trinajstić information content (AvgIpc) is 2.92. The zero-order valence-electron chi connectivity index (χ0n) is 16.9. The minimum absolute atomic E-state index is 0.0279. The van der Waals surface area contributed by atoms with Gasteiger partial charge in [-0.2, -0.15) is 0 Å². The van der Waals surface area contributed by atoms with Gasteiger partial charge < -0.3 is 9.66 Å². The predicted octanol–water partition coefficient (Wildman–Crippen LogP) is 2.97. The first-order chi connectivity index (χ1) is 13.0. The first-order valence-electron chi connectivity index (χ1n) is 10.5. The third-order valence-electron chi connectivity index (χ3n) is 8.74. The molecule has 8 atom stereocenters. The van der Waals surface area contributed by atoms with Crippen LogP contribution in [0.4, 0.5) is 0 Å². The highest BCUT2D eigenvalue weighted by Gasteiger charge is 2.59. The molecule has 0 saturated heterocycles. The van der Waals surface area contributed by atoms with Crippen LogP contribution in [0, 0.1) is 34.5 Å². The van der Waals surface area contributed by atoms with Crippen molar-refractivity contribution in [3.8, 4) is 0 Å². The van der Waals surface area contributed by atoms with Crippen molar-refractivity contribution in [1.29, 1.82) is 0 Å². The maximum Gasteiger partial charge on any atom is 0.217 e. The predicted molar refractivity (Wildman–Crippen MR) is 102 cm³/mol. The van der Waals surface area contributed by atoms with E-state index in [9.17, 15) is 22.9 Å². The van der Waals surface area contributed by atoms with Crippen molar-refractivity contribution in [2.75, 3.05) is 0 Å². The molecule has 0 aliphatic heterocycles. The normalized spacial score (nSPS) is 48.2. The van der Waals surface area contributed by atoms with Crippen LogP contribution < -0.4 is 0 Å². The fourth-order valence-corrected chi connectivity index (χ4v) is 7.97. The topological polar surface area (TPSA) is 104 Å². The van der Waals surface area contributed by atoms with Gasteiger partial charge in [-0.25, -0.2) is 8.42 Å². The van der Waals surface area contributed by atoms with Gasteiger partial charge in [-0.3, -0.25) is 8.98 Å². The molecule has 1 N–H and O–H groups in total. The lowest BCUT2D eigenvalue weighted by Gasteiger charge is -2.58. The molecule has 0 aromatic rings. The number of carbonyl (C=O) groups excluding carboxylic acids is 1. The van der Waals surface area contributed by atoms with E-state index in [1.54, 1.807) is 6.92 Å². The van der Waals surface area contributed by atoms with E-state index in [2.05, 4.69) is 19.9 Å². The van der Waals surface area contributed by atoms with Crippen molar-refractivity contribution in [2.45, 2.75) is 77.9 Å². The first kappa shape index (κ1) is 20.5. The molecule has 0 spiro atoms. The molecular formula is C21H31O6S-. The van der Waals surface area contributed by atoms with Crippen molar-refractivity contribution < 1.29 is 27.1 Å². The Labute approximate surface area is 167 Å². The molecule has 4 rings (SSSR count). The lowest BCUT2D eigenvalue weighted by atomic mass is 9.48. The molecule has 7 heteroatoms. The zero-order valence-corrected chi connectivity index (χ0v) is 17.7. The van der Waals surface area contributed by atoms with Crippen LogP contribution in [0.3, 0.4) is 0 Å². The number of Topliss-reactive ketones (excluding diaryl/α,β-unsaturated/α-hetero) is 1. The van der Waals surface area contributed by atoms with Gasteiger partial charge in [0, 0.05) is 5.92 Å². The number of fused-ring (bicyclic) bond motifs is 5. The Balaban J connectivity index is 1.63. The molecule has 0 bridgehead atoms. The van der Waals surface area contributed by atoms with Gasteiger partial charge >= 0.3 is 0 Å². The highest BCUT2D eigenvalue weighted by atomic mass is 32.3. The van der Waals surface area contributed by atoms with E-state index in [1.807, 2.05) is 0 Å². The molecule has 0 aromatic carbocycles. The van der Waals surface area contributed by atoms with E-state index in [4.69, 9.17) is 4.18 Å². The summed E-state index contributed by atoms with van der Waals surface area (Å²) in [6.45, 7) is 6.13. The van der Waals surface area contributed by atoms with E-state index in [-0.39, 0.29) is 34.4 Å². The van der Waals surface area contributed by atoms with Crippen molar-refractivity contribution in [1.82, 2.24) is 0 Å². The van der Waals surface area contributed by atoms with Crippen molar-refractivity contribution in [2.24, 2.45) is 34.5 Å². The summed E-state index contributed by atoms with van der Waals surface area (Å²) < 4.78 is 37.8. The van der Waals surface area contributed by atoms with E-state index in [0.29, 0.717) is 31.6 Å². The summed E-state index contributed by atoms with van der Waals surface area (Å²) in [6.07, 6.45) is 6.22. The van der Waals surface area contributed by atoms with Gasteiger partial charge in [0.15, 0.2) is 0 Å². The summed E-state index contributed by atoms with van der Waals surface area (Å²) in [5.41, 5.74) is 1.16. The number of hydrogen-bond donors (Lipinski definition) is 1. The maximum absolute atomic E-state index is 12.2. The number of ketones is 1. The Morgan fingerprint density at radius 2 is 1.93 bits per heavy atom. The molecule has 6 nitrogen and oxygen atoms in total. The third kappa shape index (κ3) is 3.09. The summed E-state index contributed by atoms with van der Waals surface area (Å²) >= 11 is 0. The summed E-state index contributed by atoms with van der Waals surface area (Å²) in [5.74, 6) is 0.956. The smallest absolute Gasteiger partial charge is 0.217 e. The van der Waals surface area contributed by atoms with Gasteiger partial charge in [-0.05, 0) is 80.5 Å². The van der Waals surface area contributed by atoms with E-state index >= 15 is 0 Å². The monoisotopic (exact) mass is 411 g/mol.